The van der Waals surface area contributed by atoms with Crippen LogP contribution >= 0.6 is 15.9 Å². The molecule has 2 heteroatoms. The van der Waals surface area contributed by atoms with E-state index in [-0.39, 0.29) is 0 Å². The minimum Gasteiger partial charge on any atom is -0.257 e. The van der Waals surface area contributed by atoms with Gasteiger partial charge in [0.05, 0.1) is 5.70 Å². The highest BCUT2D eigenvalue weighted by Crippen LogP contribution is 2.21. The Bertz CT molecular complexity index is 365. The predicted octanol–water partition coefficient (Wildman–Crippen LogP) is 6.42. The summed E-state index contributed by atoms with van der Waals surface area (Å²) in [6, 6.07) is 0. The van der Waals surface area contributed by atoms with Crippen LogP contribution in [0, 0.1) is 5.92 Å². The van der Waals surface area contributed by atoms with Crippen LogP contribution in [0.25, 0.3) is 0 Å². The Balaban J connectivity index is 5.46. The third-order valence-corrected chi connectivity index (χ3v) is 3.85. The molecule has 0 aromatic heterocycles. The third kappa shape index (κ3) is 7.51. The Hall–Kier alpha value is -0.630. The second-order valence-corrected chi connectivity index (χ2v) is 6.02. The van der Waals surface area contributed by atoms with Crippen LogP contribution in [0.4, 0.5) is 0 Å². The number of allylic oxidation sites excluding steroid dienone is 5. The highest BCUT2D eigenvalue weighted by atomic mass is 79.9. The first-order valence-corrected chi connectivity index (χ1v) is 7.97. The van der Waals surface area contributed by atoms with Crippen LogP contribution in [0.5, 0.6) is 0 Å². The van der Waals surface area contributed by atoms with E-state index in [9.17, 15) is 0 Å². The van der Waals surface area contributed by atoms with Crippen LogP contribution in [-0.4, -0.2) is 5.71 Å². The molecule has 108 valence electrons. The van der Waals surface area contributed by atoms with Gasteiger partial charge in [-0.05, 0) is 55.6 Å². The van der Waals surface area contributed by atoms with E-state index in [0.717, 1.165) is 10.2 Å². The second kappa shape index (κ2) is 10.2. The number of hydrogen-bond acceptors (Lipinski definition) is 1. The summed E-state index contributed by atoms with van der Waals surface area (Å²) in [6.45, 7) is 14.5. The zero-order valence-corrected chi connectivity index (χ0v) is 14.7. The summed E-state index contributed by atoms with van der Waals surface area (Å²) < 4.78 is 0.971. The lowest BCUT2D eigenvalue weighted by Gasteiger charge is -2.17. The smallest absolute Gasteiger partial charge is 0.0517 e. The van der Waals surface area contributed by atoms with Gasteiger partial charge in [-0.15, -0.1) is 0 Å². The summed E-state index contributed by atoms with van der Waals surface area (Å²) in [6.07, 6.45) is 8.83. The van der Waals surface area contributed by atoms with Crippen molar-refractivity contribution >= 4 is 21.6 Å². The summed E-state index contributed by atoms with van der Waals surface area (Å²) in [7, 11) is 0. The Morgan fingerprint density at radius 3 is 2.05 bits per heavy atom. The van der Waals surface area contributed by atoms with E-state index in [0.29, 0.717) is 5.92 Å². The fourth-order valence-corrected chi connectivity index (χ4v) is 2.16. The molecule has 0 unspecified atom stereocenters. The Labute approximate surface area is 127 Å². The molecule has 1 nitrogen and oxygen atoms in total. The molecule has 0 aliphatic carbocycles. The SMILES string of the molecule is C=C/C(Br)=C(\C)N=C(C=C(C)C)C(CCC)CCC. The minimum absolute atomic E-state index is 0.560. The largest absolute Gasteiger partial charge is 0.257 e. The van der Waals surface area contributed by atoms with Crippen LogP contribution in [0.3, 0.4) is 0 Å². The van der Waals surface area contributed by atoms with Gasteiger partial charge in [-0.1, -0.05) is 44.9 Å². The molecule has 0 bridgehead atoms. The highest BCUT2D eigenvalue weighted by molar-refractivity contribution is 9.11. The van der Waals surface area contributed by atoms with Crippen molar-refractivity contribution < 1.29 is 0 Å². The van der Waals surface area contributed by atoms with Gasteiger partial charge >= 0.3 is 0 Å². The maximum Gasteiger partial charge on any atom is 0.0517 e. The zero-order valence-electron chi connectivity index (χ0n) is 13.1. The molecule has 0 amide bonds. The van der Waals surface area contributed by atoms with Crippen molar-refractivity contribution in [3.05, 3.63) is 34.5 Å². The van der Waals surface area contributed by atoms with Gasteiger partial charge < -0.3 is 0 Å². The number of rotatable bonds is 8. The van der Waals surface area contributed by atoms with Crippen LogP contribution in [-0.2, 0) is 0 Å². The molecule has 0 heterocycles. The lowest BCUT2D eigenvalue weighted by molar-refractivity contribution is 0.560. The number of halogens is 1. The molecule has 0 spiro atoms. The van der Waals surface area contributed by atoms with E-state index in [1.807, 2.05) is 6.92 Å². The summed E-state index contributed by atoms with van der Waals surface area (Å²) >= 11 is 3.50. The van der Waals surface area contributed by atoms with Crippen LogP contribution in [0.2, 0.25) is 0 Å². The van der Waals surface area contributed by atoms with Crippen molar-refractivity contribution in [2.75, 3.05) is 0 Å². The van der Waals surface area contributed by atoms with Gasteiger partial charge in [0.2, 0.25) is 0 Å². The van der Waals surface area contributed by atoms with Crippen molar-refractivity contribution in [1.82, 2.24) is 0 Å². The first-order valence-electron chi connectivity index (χ1n) is 7.18. The van der Waals surface area contributed by atoms with Crippen LogP contribution in [0.1, 0.15) is 60.3 Å². The number of aliphatic imine (C=N–C) groups is 1. The van der Waals surface area contributed by atoms with Gasteiger partial charge in [-0.2, -0.15) is 0 Å². The fraction of sp³-hybridized carbons (Fsp3) is 0.588. The van der Waals surface area contributed by atoms with Crippen molar-refractivity contribution in [3.63, 3.8) is 0 Å². The normalized spacial score (nSPS) is 13.3. The Morgan fingerprint density at radius 1 is 1.16 bits per heavy atom. The third-order valence-electron chi connectivity index (χ3n) is 2.95. The molecular formula is C17H28BrN. The number of hydrogen-bond donors (Lipinski definition) is 0. The highest BCUT2D eigenvalue weighted by Gasteiger charge is 2.13. The second-order valence-electron chi connectivity index (χ2n) is 5.17. The molecule has 0 rings (SSSR count). The van der Waals surface area contributed by atoms with E-state index in [2.05, 4.69) is 56.3 Å². The molecular weight excluding hydrogens is 298 g/mol. The van der Waals surface area contributed by atoms with Gasteiger partial charge in [0.25, 0.3) is 0 Å². The van der Waals surface area contributed by atoms with Crippen LogP contribution in [0.15, 0.2) is 39.5 Å². The summed E-state index contributed by atoms with van der Waals surface area (Å²) in [5, 5.41) is 0. The fourth-order valence-electron chi connectivity index (χ4n) is 2.07. The number of nitrogens with zero attached hydrogens (tertiary/aromatic N) is 1. The molecule has 0 aliphatic rings. The first-order chi connectivity index (χ1) is 8.96. The summed E-state index contributed by atoms with van der Waals surface area (Å²) in [4.78, 5) is 4.83. The lowest BCUT2D eigenvalue weighted by atomic mass is 9.92. The molecule has 19 heavy (non-hydrogen) atoms. The molecule has 0 saturated carbocycles. The molecule has 0 atom stereocenters. The van der Waals surface area contributed by atoms with Crippen LogP contribution < -0.4 is 0 Å². The van der Waals surface area contributed by atoms with E-state index in [1.54, 1.807) is 6.08 Å². The molecule has 0 N–H and O–H groups in total. The molecule has 0 aliphatic heterocycles. The van der Waals surface area contributed by atoms with E-state index in [1.165, 1.54) is 37.0 Å². The standard InChI is InChI=1S/C17H28BrN/c1-7-10-15(11-8-2)17(12-13(4)5)19-14(6)16(18)9-3/h9,12,15H,3,7-8,10-11H2,1-2,4-6H3/b16-14-,19-17?. The van der Waals surface area contributed by atoms with E-state index >= 15 is 0 Å². The topological polar surface area (TPSA) is 12.4 Å². The molecule has 0 fully saturated rings. The van der Waals surface area contributed by atoms with Crippen molar-refractivity contribution in [2.45, 2.75) is 60.3 Å². The van der Waals surface area contributed by atoms with Gasteiger partial charge in [0.1, 0.15) is 0 Å². The van der Waals surface area contributed by atoms with E-state index < -0.39 is 0 Å². The van der Waals surface area contributed by atoms with Crippen molar-refractivity contribution in [3.8, 4) is 0 Å². The average molecular weight is 326 g/mol. The molecule has 0 aromatic rings. The molecule has 0 aromatic carbocycles. The minimum atomic E-state index is 0.560. The first kappa shape index (κ1) is 18.4. The van der Waals surface area contributed by atoms with Crippen molar-refractivity contribution in [2.24, 2.45) is 10.9 Å². The lowest BCUT2D eigenvalue weighted by Crippen LogP contribution is -2.13. The maximum atomic E-state index is 4.83. The maximum absolute atomic E-state index is 4.83. The Morgan fingerprint density at radius 2 is 1.68 bits per heavy atom. The quantitative estimate of drug-likeness (QED) is 0.360. The average Bonchev–Trinajstić information content (AvgIpc) is 2.36. The predicted molar refractivity (Wildman–Crippen MR) is 92.0 cm³/mol. The summed E-state index contributed by atoms with van der Waals surface area (Å²) in [5.74, 6) is 0.560. The molecule has 0 radical (unpaired) electrons. The monoisotopic (exact) mass is 325 g/mol. The van der Waals surface area contributed by atoms with Gasteiger partial charge in [-0.3, -0.25) is 4.99 Å². The van der Waals surface area contributed by atoms with Gasteiger partial charge in [0.15, 0.2) is 0 Å². The van der Waals surface area contributed by atoms with Gasteiger partial charge in [0, 0.05) is 16.1 Å². The summed E-state index contributed by atoms with van der Waals surface area (Å²) in [5.41, 5.74) is 3.51. The molecule has 0 saturated heterocycles. The van der Waals surface area contributed by atoms with E-state index in [4.69, 9.17) is 4.99 Å². The van der Waals surface area contributed by atoms with Gasteiger partial charge in [-0.25, -0.2) is 0 Å². The zero-order chi connectivity index (χ0) is 14.8. The van der Waals surface area contributed by atoms with Crippen molar-refractivity contribution in [1.29, 1.82) is 0 Å². The Kier molecular flexibility index (Phi) is 9.85.